The number of nitrogens with two attached hydrogens (primary N) is 2. The number of ether oxygens (including phenoxy) is 1. The minimum atomic E-state index is -1.06. The molecule has 0 aliphatic carbocycles. The van der Waals surface area contributed by atoms with Gasteiger partial charge in [-0.05, 0) is 0 Å². The van der Waals surface area contributed by atoms with Gasteiger partial charge in [-0.15, -0.1) is 0 Å². The van der Waals surface area contributed by atoms with Crippen LogP contribution < -0.4 is 17.0 Å². The van der Waals surface area contributed by atoms with Crippen molar-refractivity contribution in [2.75, 3.05) is 12.3 Å². The maximum atomic E-state index is 11.7. The average molecular weight is 282 g/mol. The number of rotatable bonds is 2. The van der Waals surface area contributed by atoms with Crippen LogP contribution in [0.4, 0.5) is 5.95 Å². The highest BCUT2D eigenvalue weighted by molar-refractivity contribution is 5.70. The maximum Gasteiger partial charge on any atom is 0.280 e. The number of nitrogen functional groups attached to an aromatic ring is 1. The third-order valence-corrected chi connectivity index (χ3v) is 3.33. The summed E-state index contributed by atoms with van der Waals surface area (Å²) in [6.07, 6.45) is -1.34. The van der Waals surface area contributed by atoms with Crippen LogP contribution >= 0.6 is 0 Å². The molecule has 0 aromatic carbocycles. The summed E-state index contributed by atoms with van der Waals surface area (Å²) in [6.45, 7) is -0.322. The van der Waals surface area contributed by atoms with Crippen LogP contribution in [0, 0.1) is 0 Å². The van der Waals surface area contributed by atoms with E-state index in [0.717, 1.165) is 0 Å². The monoisotopic (exact) mass is 282 g/mol. The van der Waals surface area contributed by atoms with Gasteiger partial charge in [0.05, 0.1) is 19.0 Å². The van der Waals surface area contributed by atoms with E-state index in [1.54, 1.807) is 0 Å². The summed E-state index contributed by atoms with van der Waals surface area (Å²) in [5.41, 5.74) is 11.0. The van der Waals surface area contributed by atoms with Crippen LogP contribution in [0.5, 0.6) is 0 Å². The van der Waals surface area contributed by atoms with E-state index >= 15 is 0 Å². The number of aromatic amines is 1. The molecule has 3 rings (SSSR count). The number of anilines is 1. The van der Waals surface area contributed by atoms with E-state index < -0.39 is 30.0 Å². The van der Waals surface area contributed by atoms with Crippen LogP contribution in [0.3, 0.4) is 0 Å². The van der Waals surface area contributed by atoms with E-state index in [-0.39, 0.29) is 23.7 Å². The summed E-state index contributed by atoms with van der Waals surface area (Å²) in [5.74, 6) is -0.0697. The Balaban J connectivity index is 2.09. The molecule has 10 nitrogen and oxygen atoms in total. The van der Waals surface area contributed by atoms with E-state index in [0.29, 0.717) is 0 Å². The highest BCUT2D eigenvalue weighted by atomic mass is 16.5. The van der Waals surface area contributed by atoms with Crippen LogP contribution in [0.2, 0.25) is 0 Å². The van der Waals surface area contributed by atoms with Gasteiger partial charge in [0, 0.05) is 0 Å². The summed E-state index contributed by atoms with van der Waals surface area (Å²) in [4.78, 5) is 21.9. The Kier molecular flexibility index (Phi) is 2.94. The zero-order chi connectivity index (χ0) is 14.4. The molecule has 20 heavy (non-hydrogen) atoms. The number of imidazole rings is 1. The summed E-state index contributed by atoms with van der Waals surface area (Å²) >= 11 is 0. The van der Waals surface area contributed by atoms with E-state index in [9.17, 15) is 9.90 Å². The van der Waals surface area contributed by atoms with Crippen molar-refractivity contribution in [1.29, 1.82) is 0 Å². The van der Waals surface area contributed by atoms with Gasteiger partial charge >= 0.3 is 0 Å². The fourth-order valence-corrected chi connectivity index (χ4v) is 2.28. The highest BCUT2D eigenvalue weighted by Crippen LogP contribution is 2.29. The van der Waals surface area contributed by atoms with Crippen LogP contribution in [0.25, 0.3) is 11.2 Å². The van der Waals surface area contributed by atoms with Gasteiger partial charge in [-0.1, -0.05) is 0 Å². The van der Waals surface area contributed by atoms with Gasteiger partial charge in [0.25, 0.3) is 5.56 Å². The Hall–Kier alpha value is -2.01. The number of H-pyrrole nitrogens is 1. The molecule has 0 saturated carbocycles. The normalized spacial score (nSPS) is 30.1. The van der Waals surface area contributed by atoms with Crippen molar-refractivity contribution in [2.24, 2.45) is 5.73 Å². The molecule has 7 N–H and O–H groups in total. The van der Waals surface area contributed by atoms with E-state index in [1.807, 2.05) is 0 Å². The lowest BCUT2D eigenvalue weighted by atomic mass is 10.1. The number of nitrogens with one attached hydrogen (secondary N) is 1. The number of aromatic nitrogens is 4. The van der Waals surface area contributed by atoms with Crippen molar-refractivity contribution in [3.05, 3.63) is 16.7 Å². The molecule has 3 heterocycles. The molecule has 0 bridgehead atoms. The minimum absolute atomic E-state index is 0.0697. The molecule has 1 aliphatic heterocycles. The minimum Gasteiger partial charge on any atom is -0.394 e. The average Bonchev–Trinajstić information content (AvgIpc) is 2.93. The third-order valence-electron chi connectivity index (χ3n) is 3.33. The fourth-order valence-electron chi connectivity index (χ4n) is 2.28. The summed E-state index contributed by atoms with van der Waals surface area (Å²) in [6, 6.07) is -0.748. The summed E-state index contributed by atoms with van der Waals surface area (Å²) < 4.78 is 6.85. The molecule has 0 amide bonds. The SMILES string of the molecule is Nc1nc2c(ncn2[C@@H]2O[C@H](CO)[C@@H](N)[C@H]2O)c(=O)[nH]1. The van der Waals surface area contributed by atoms with Crippen molar-refractivity contribution >= 4 is 17.1 Å². The largest absolute Gasteiger partial charge is 0.394 e. The smallest absolute Gasteiger partial charge is 0.280 e. The molecule has 10 heteroatoms. The lowest BCUT2D eigenvalue weighted by Crippen LogP contribution is -2.41. The Morgan fingerprint density at radius 2 is 2.30 bits per heavy atom. The van der Waals surface area contributed by atoms with Crippen LogP contribution in [-0.2, 0) is 4.74 Å². The molecule has 1 aliphatic rings. The second kappa shape index (κ2) is 4.52. The number of hydrogen-bond acceptors (Lipinski definition) is 8. The Morgan fingerprint density at radius 1 is 1.55 bits per heavy atom. The molecular formula is C10H14N6O4. The lowest BCUT2D eigenvalue weighted by Gasteiger charge is -2.16. The molecule has 2 aromatic heterocycles. The zero-order valence-electron chi connectivity index (χ0n) is 10.3. The fraction of sp³-hybridized carbons (Fsp3) is 0.500. The van der Waals surface area contributed by atoms with Crippen LogP contribution in [0.15, 0.2) is 11.1 Å². The van der Waals surface area contributed by atoms with Crippen LogP contribution in [-0.4, -0.2) is 54.6 Å². The second-order valence-corrected chi connectivity index (χ2v) is 4.59. The van der Waals surface area contributed by atoms with Crippen molar-refractivity contribution in [1.82, 2.24) is 19.5 Å². The molecule has 0 unspecified atom stereocenters. The van der Waals surface area contributed by atoms with Gasteiger partial charge in [-0.2, -0.15) is 4.98 Å². The quantitative estimate of drug-likeness (QED) is 0.396. The standard InChI is InChI=1S/C10H14N6O4/c11-4-3(1-17)20-9(6(4)18)16-2-13-5-7(16)14-10(12)15-8(5)19/h2-4,6,9,17-18H,1,11H2,(H3,12,14,15,19)/t3-,4-,6-,9-/m1/s1. The maximum absolute atomic E-state index is 11.7. The lowest BCUT2D eigenvalue weighted by molar-refractivity contribution is -0.0488. The van der Waals surface area contributed by atoms with Crippen LogP contribution in [0.1, 0.15) is 6.23 Å². The molecule has 108 valence electrons. The molecule has 1 fully saturated rings. The van der Waals surface area contributed by atoms with Crippen molar-refractivity contribution in [3.8, 4) is 0 Å². The van der Waals surface area contributed by atoms with E-state index in [2.05, 4.69) is 15.0 Å². The topological polar surface area (TPSA) is 165 Å². The summed E-state index contributed by atoms with van der Waals surface area (Å²) in [7, 11) is 0. The van der Waals surface area contributed by atoms with Gasteiger partial charge in [0.1, 0.15) is 12.2 Å². The van der Waals surface area contributed by atoms with Crippen molar-refractivity contribution < 1.29 is 14.9 Å². The van der Waals surface area contributed by atoms with Gasteiger partial charge < -0.3 is 26.4 Å². The van der Waals surface area contributed by atoms with Gasteiger partial charge in [0.15, 0.2) is 17.4 Å². The zero-order valence-corrected chi connectivity index (χ0v) is 10.3. The first-order chi connectivity index (χ1) is 9.52. The van der Waals surface area contributed by atoms with E-state index in [1.165, 1.54) is 10.9 Å². The molecule has 1 saturated heterocycles. The van der Waals surface area contributed by atoms with Gasteiger partial charge in [-0.3, -0.25) is 14.3 Å². The summed E-state index contributed by atoms with van der Waals surface area (Å²) in [5, 5.41) is 19.2. The number of aliphatic hydroxyl groups excluding tert-OH is 2. The first kappa shape index (κ1) is 13.0. The molecule has 2 aromatic rings. The number of hydrogen-bond donors (Lipinski definition) is 5. The predicted molar refractivity (Wildman–Crippen MR) is 67.5 cm³/mol. The molecule has 0 spiro atoms. The first-order valence-corrected chi connectivity index (χ1v) is 5.95. The molecule has 0 radical (unpaired) electrons. The first-order valence-electron chi connectivity index (χ1n) is 5.95. The van der Waals surface area contributed by atoms with Crippen molar-refractivity contribution in [3.63, 3.8) is 0 Å². The number of aliphatic hydroxyl groups is 2. The molecule has 4 atom stereocenters. The van der Waals surface area contributed by atoms with Crippen molar-refractivity contribution in [2.45, 2.75) is 24.5 Å². The Labute approximate surface area is 112 Å². The molecular weight excluding hydrogens is 268 g/mol. The van der Waals surface area contributed by atoms with E-state index in [4.69, 9.17) is 21.3 Å². The number of fused-ring (bicyclic) bond motifs is 1. The highest BCUT2D eigenvalue weighted by Gasteiger charge is 2.42. The number of nitrogens with zero attached hydrogens (tertiary/aromatic N) is 3. The second-order valence-electron chi connectivity index (χ2n) is 4.59. The van der Waals surface area contributed by atoms with Gasteiger partial charge in [0.2, 0.25) is 5.95 Å². The third kappa shape index (κ3) is 1.78. The predicted octanol–water partition coefficient (Wildman–Crippen LogP) is -2.72. The Bertz CT molecular complexity index is 697. The van der Waals surface area contributed by atoms with Gasteiger partial charge in [-0.25, -0.2) is 4.98 Å². The Morgan fingerprint density at radius 3 is 2.95 bits per heavy atom.